The Hall–Kier alpha value is -0.660. The highest BCUT2D eigenvalue weighted by Crippen LogP contribution is 2.47. The van der Waals surface area contributed by atoms with Crippen LogP contribution in [0.5, 0.6) is 0 Å². The van der Waals surface area contributed by atoms with E-state index in [-0.39, 0.29) is 13.0 Å². The molecule has 0 saturated heterocycles. The molecule has 12 nitrogen and oxygen atoms in total. The van der Waals surface area contributed by atoms with Crippen molar-refractivity contribution in [1.29, 1.82) is 0 Å². The predicted octanol–water partition coefficient (Wildman–Crippen LogP) is 15.2. The minimum absolute atomic E-state index is 0.0668. The number of unbranched alkanes of at least 4 members (excludes halogenated alkanes) is 43. The lowest BCUT2D eigenvalue weighted by Gasteiger charge is -2.41. The minimum Gasteiger partial charge on any atom is -0.457 e. The zero-order valence-electron chi connectivity index (χ0n) is 46.8. The summed E-state index contributed by atoms with van der Waals surface area (Å²) in [7, 11) is -5.02. The summed E-state index contributed by atoms with van der Waals surface area (Å²) in [6, 6.07) is 0. The summed E-state index contributed by atoms with van der Waals surface area (Å²) in [4.78, 5) is 23.4. The van der Waals surface area contributed by atoms with Crippen molar-refractivity contribution in [2.45, 2.75) is 352 Å². The van der Waals surface area contributed by atoms with Crippen LogP contribution in [-0.4, -0.2) is 98.9 Å². The Balaban J connectivity index is 2.23. The van der Waals surface area contributed by atoms with E-state index in [1.165, 1.54) is 244 Å². The molecular formula is C59H117O12P. The second-order valence-corrected chi connectivity index (χ2v) is 23.3. The van der Waals surface area contributed by atoms with E-state index in [2.05, 4.69) is 13.8 Å². The van der Waals surface area contributed by atoms with Crippen molar-refractivity contribution in [1.82, 2.24) is 0 Å². The van der Waals surface area contributed by atoms with Gasteiger partial charge in [0.05, 0.1) is 13.2 Å². The smallest absolute Gasteiger partial charge is 0.457 e. The average molecular weight is 1050 g/mol. The number of aliphatic hydroxyl groups excluding tert-OH is 5. The summed E-state index contributed by atoms with van der Waals surface area (Å²) < 4.78 is 34.5. The monoisotopic (exact) mass is 1050 g/mol. The van der Waals surface area contributed by atoms with Gasteiger partial charge in [0, 0.05) is 13.0 Å². The molecule has 0 radical (unpaired) electrons. The Morgan fingerprint density at radius 3 is 0.958 bits per heavy atom. The van der Waals surface area contributed by atoms with Gasteiger partial charge in [-0.15, -0.1) is 0 Å². The fourth-order valence-electron chi connectivity index (χ4n) is 10.1. The number of esters is 1. The van der Waals surface area contributed by atoms with Crippen LogP contribution >= 0.6 is 7.82 Å². The quantitative estimate of drug-likeness (QED) is 0.0192. The highest BCUT2D eigenvalue weighted by Gasteiger charge is 2.51. The van der Waals surface area contributed by atoms with Gasteiger partial charge in [0.15, 0.2) is 0 Å². The number of ether oxygens (including phenoxy) is 2. The molecule has 1 rings (SSSR count). The molecule has 13 heteroatoms. The highest BCUT2D eigenvalue weighted by atomic mass is 31.2. The van der Waals surface area contributed by atoms with Gasteiger partial charge in [0.2, 0.25) is 0 Å². The molecule has 0 aromatic rings. The molecule has 1 aliphatic rings. The van der Waals surface area contributed by atoms with Crippen LogP contribution in [0.1, 0.15) is 309 Å². The second kappa shape index (κ2) is 49.9. The van der Waals surface area contributed by atoms with E-state index in [9.17, 15) is 39.8 Å². The molecule has 0 aromatic carbocycles. The second-order valence-electron chi connectivity index (χ2n) is 21.9. The van der Waals surface area contributed by atoms with E-state index < -0.39 is 63.1 Å². The first-order chi connectivity index (χ1) is 35.0. The summed E-state index contributed by atoms with van der Waals surface area (Å²) in [6.07, 6.45) is 46.1. The molecule has 0 amide bonds. The molecule has 1 saturated carbocycles. The van der Waals surface area contributed by atoms with Crippen LogP contribution in [0.4, 0.5) is 0 Å². The van der Waals surface area contributed by atoms with Crippen molar-refractivity contribution in [3.63, 3.8) is 0 Å². The normalized spacial score (nSPS) is 20.5. The molecule has 6 atom stereocenters. The molecule has 0 spiro atoms. The van der Waals surface area contributed by atoms with E-state index in [1.807, 2.05) is 0 Å². The van der Waals surface area contributed by atoms with Crippen LogP contribution in [0.15, 0.2) is 0 Å². The van der Waals surface area contributed by atoms with Gasteiger partial charge in [-0.1, -0.05) is 290 Å². The zero-order valence-corrected chi connectivity index (χ0v) is 47.7. The first kappa shape index (κ1) is 69.4. The Morgan fingerprint density at radius 2 is 0.653 bits per heavy atom. The maximum atomic E-state index is 12.9. The SMILES string of the molecule is CCCCCCCCCCCCCCCCCCCCCCCCCOCC(COP(=O)(O)OC1C(O)C(O)C(O)C(O)C1O)OC(=O)CCCCCCCCCCCCCCCCCCCCCCCC. The molecule has 0 heterocycles. The van der Waals surface area contributed by atoms with Gasteiger partial charge in [0.25, 0.3) is 0 Å². The van der Waals surface area contributed by atoms with Crippen LogP contribution in [0, 0.1) is 0 Å². The number of carbonyl (C=O) groups is 1. The number of hydrogen-bond acceptors (Lipinski definition) is 11. The van der Waals surface area contributed by atoms with Gasteiger partial charge in [-0.05, 0) is 12.8 Å². The van der Waals surface area contributed by atoms with E-state index in [4.69, 9.17) is 18.5 Å². The number of rotatable bonds is 55. The van der Waals surface area contributed by atoms with Gasteiger partial charge in [-0.25, -0.2) is 4.57 Å². The first-order valence-electron chi connectivity index (χ1n) is 30.9. The molecular weight excluding hydrogens is 932 g/mol. The lowest BCUT2D eigenvalue weighted by atomic mass is 9.85. The van der Waals surface area contributed by atoms with Crippen LogP contribution < -0.4 is 0 Å². The van der Waals surface area contributed by atoms with Gasteiger partial charge in [-0.2, -0.15) is 0 Å². The van der Waals surface area contributed by atoms with Gasteiger partial charge >= 0.3 is 13.8 Å². The minimum atomic E-state index is -5.02. The molecule has 6 N–H and O–H groups in total. The molecule has 0 aliphatic heterocycles. The Labute approximate surface area is 442 Å². The summed E-state index contributed by atoms with van der Waals surface area (Å²) in [5.41, 5.74) is 0. The lowest BCUT2D eigenvalue weighted by molar-refractivity contribution is -0.220. The molecule has 1 aliphatic carbocycles. The number of phosphoric acid groups is 1. The van der Waals surface area contributed by atoms with Crippen molar-refractivity contribution < 1.29 is 58.3 Å². The Morgan fingerprint density at radius 1 is 0.389 bits per heavy atom. The van der Waals surface area contributed by atoms with E-state index in [0.29, 0.717) is 13.0 Å². The van der Waals surface area contributed by atoms with Crippen LogP contribution in [0.2, 0.25) is 0 Å². The Kier molecular flexibility index (Phi) is 48.0. The molecule has 72 heavy (non-hydrogen) atoms. The van der Waals surface area contributed by atoms with Crippen molar-refractivity contribution >= 4 is 13.8 Å². The maximum absolute atomic E-state index is 12.9. The number of phosphoric ester groups is 1. The van der Waals surface area contributed by atoms with E-state index in [0.717, 1.165) is 38.5 Å². The van der Waals surface area contributed by atoms with Crippen molar-refractivity contribution in [2.24, 2.45) is 0 Å². The van der Waals surface area contributed by atoms with E-state index in [1.54, 1.807) is 0 Å². The van der Waals surface area contributed by atoms with Crippen molar-refractivity contribution in [2.75, 3.05) is 19.8 Å². The van der Waals surface area contributed by atoms with Crippen molar-refractivity contribution in [3.05, 3.63) is 0 Å². The fourth-order valence-corrected chi connectivity index (χ4v) is 11.1. The highest BCUT2D eigenvalue weighted by molar-refractivity contribution is 7.47. The third kappa shape index (κ3) is 40.6. The van der Waals surface area contributed by atoms with E-state index >= 15 is 0 Å². The maximum Gasteiger partial charge on any atom is 0.472 e. The molecule has 6 unspecified atom stereocenters. The molecule has 1 fully saturated rings. The fraction of sp³-hybridized carbons (Fsp3) is 0.983. The number of aliphatic hydroxyl groups is 5. The van der Waals surface area contributed by atoms with Crippen molar-refractivity contribution in [3.8, 4) is 0 Å². The van der Waals surface area contributed by atoms with Crippen LogP contribution in [-0.2, 0) is 27.9 Å². The summed E-state index contributed by atoms with van der Waals surface area (Å²) in [5, 5.41) is 50.5. The zero-order chi connectivity index (χ0) is 52.6. The van der Waals surface area contributed by atoms with Gasteiger partial charge in [0.1, 0.15) is 42.7 Å². The molecule has 0 bridgehead atoms. The molecule has 430 valence electrons. The standard InChI is InChI=1S/C59H117O12P/c1-3-5-7-9-11-13-15-17-19-21-23-25-27-29-31-33-35-37-39-41-43-45-47-49-68-50-52(51-69-72(66,67)71-59-57(64)55(62)54(61)56(63)58(59)65)70-53(60)48-46-44-42-40-38-36-34-32-30-28-26-24-22-20-18-16-14-12-10-8-6-4-2/h52,54-59,61-65H,3-51H2,1-2H3,(H,66,67). The number of carbonyl (C=O) groups excluding carboxylic acids is 1. The summed E-state index contributed by atoms with van der Waals surface area (Å²) >= 11 is 0. The topological polar surface area (TPSA) is 192 Å². The number of hydrogen-bond donors (Lipinski definition) is 6. The van der Waals surface area contributed by atoms with Gasteiger partial charge < -0.3 is 39.9 Å². The molecule has 0 aromatic heterocycles. The average Bonchev–Trinajstić information content (AvgIpc) is 3.37. The Bertz CT molecular complexity index is 1200. The lowest BCUT2D eigenvalue weighted by Crippen LogP contribution is -2.64. The van der Waals surface area contributed by atoms with Crippen LogP contribution in [0.3, 0.4) is 0 Å². The van der Waals surface area contributed by atoms with Crippen LogP contribution in [0.25, 0.3) is 0 Å². The third-order valence-corrected chi connectivity index (χ3v) is 16.0. The predicted molar refractivity (Wildman–Crippen MR) is 295 cm³/mol. The largest absolute Gasteiger partial charge is 0.472 e. The summed E-state index contributed by atoms with van der Waals surface area (Å²) in [5.74, 6) is -0.466. The van der Waals surface area contributed by atoms with Gasteiger partial charge in [-0.3, -0.25) is 13.8 Å². The third-order valence-electron chi connectivity index (χ3n) is 15.0. The first-order valence-corrected chi connectivity index (χ1v) is 32.4. The summed E-state index contributed by atoms with van der Waals surface area (Å²) in [6.45, 7) is 4.35.